The fourth-order valence-corrected chi connectivity index (χ4v) is 4.27. The van der Waals surface area contributed by atoms with Gasteiger partial charge >= 0.3 is 12.1 Å². The second-order valence-corrected chi connectivity index (χ2v) is 8.85. The lowest BCUT2D eigenvalue weighted by Gasteiger charge is -2.53. The third-order valence-corrected chi connectivity index (χ3v) is 5.55. The molecular weight excluding hydrogens is 372 g/mol. The van der Waals surface area contributed by atoms with E-state index in [0.29, 0.717) is 6.54 Å². The van der Waals surface area contributed by atoms with Crippen molar-refractivity contribution in [2.75, 3.05) is 19.7 Å². The first-order valence-electron chi connectivity index (χ1n) is 10.3. The maximum Gasteiger partial charge on any atom is 0.410 e. The molecule has 160 valence electrons. The number of benzene rings is 1. The molecule has 0 spiro atoms. The van der Waals surface area contributed by atoms with Crippen molar-refractivity contribution < 1.29 is 24.2 Å². The van der Waals surface area contributed by atoms with Gasteiger partial charge in [0.25, 0.3) is 0 Å². The zero-order valence-electron chi connectivity index (χ0n) is 17.5. The number of carbonyl (C=O) groups is 2. The summed E-state index contributed by atoms with van der Waals surface area (Å²) < 4.78 is 11.0. The van der Waals surface area contributed by atoms with Crippen molar-refractivity contribution >= 4 is 12.1 Å². The molecule has 2 saturated heterocycles. The van der Waals surface area contributed by atoms with E-state index in [9.17, 15) is 14.7 Å². The van der Waals surface area contributed by atoms with Gasteiger partial charge in [0.15, 0.2) is 0 Å². The predicted octanol–water partition coefficient (Wildman–Crippen LogP) is 2.56. The number of fused-ring (bicyclic) bond motifs is 2. The minimum absolute atomic E-state index is 0.0633. The largest absolute Gasteiger partial charge is 0.460 e. The number of aliphatic hydroxyl groups excluding tert-OH is 1. The second kappa shape index (κ2) is 9.13. The molecule has 0 saturated carbocycles. The van der Waals surface area contributed by atoms with Crippen LogP contribution in [0, 0.1) is 0 Å². The number of hydrogen-bond donors (Lipinski definition) is 1. The smallest absolute Gasteiger partial charge is 0.410 e. The van der Waals surface area contributed by atoms with Crippen LogP contribution in [0.15, 0.2) is 30.3 Å². The molecule has 2 aliphatic heterocycles. The third kappa shape index (κ3) is 5.48. The van der Waals surface area contributed by atoms with Crippen LogP contribution in [0.2, 0.25) is 0 Å². The Hall–Kier alpha value is -2.12. The Bertz CT molecular complexity index is 703. The average Bonchev–Trinajstić information content (AvgIpc) is 2.66. The summed E-state index contributed by atoms with van der Waals surface area (Å²) in [6, 6.07) is 9.18. The number of nitrogens with zero attached hydrogens (tertiary/aromatic N) is 2. The van der Waals surface area contributed by atoms with E-state index in [2.05, 4.69) is 4.90 Å². The lowest BCUT2D eigenvalue weighted by molar-refractivity contribution is -0.151. The van der Waals surface area contributed by atoms with Crippen molar-refractivity contribution in [3.63, 3.8) is 0 Å². The summed E-state index contributed by atoms with van der Waals surface area (Å²) in [6.45, 7) is 6.20. The summed E-state index contributed by atoms with van der Waals surface area (Å²) in [6.07, 6.45) is 2.34. The molecule has 7 nitrogen and oxygen atoms in total. The van der Waals surface area contributed by atoms with Crippen LogP contribution in [0.5, 0.6) is 0 Å². The van der Waals surface area contributed by atoms with Gasteiger partial charge in [-0.3, -0.25) is 14.6 Å². The van der Waals surface area contributed by atoms with Crippen LogP contribution in [0.3, 0.4) is 0 Å². The normalized spacial score (nSPS) is 24.8. The van der Waals surface area contributed by atoms with Gasteiger partial charge in [0.2, 0.25) is 0 Å². The molecule has 1 amide bonds. The van der Waals surface area contributed by atoms with Gasteiger partial charge in [-0.15, -0.1) is 0 Å². The molecule has 2 heterocycles. The monoisotopic (exact) mass is 404 g/mol. The molecule has 0 aliphatic carbocycles. The van der Waals surface area contributed by atoms with E-state index in [1.54, 1.807) is 4.90 Å². The lowest BCUT2D eigenvalue weighted by atomic mass is 9.86. The van der Waals surface area contributed by atoms with E-state index in [-0.39, 0.29) is 43.9 Å². The van der Waals surface area contributed by atoms with Gasteiger partial charge in [-0.05, 0) is 39.2 Å². The Balaban J connectivity index is 1.65. The summed E-state index contributed by atoms with van der Waals surface area (Å²) in [4.78, 5) is 28.9. The van der Waals surface area contributed by atoms with Gasteiger partial charge in [0.05, 0.1) is 19.2 Å². The van der Waals surface area contributed by atoms with Crippen LogP contribution < -0.4 is 0 Å². The first kappa shape index (κ1) is 21.6. The van der Waals surface area contributed by atoms with E-state index < -0.39 is 11.7 Å². The maximum absolute atomic E-state index is 12.7. The molecule has 1 aromatic carbocycles. The first-order chi connectivity index (χ1) is 13.8. The average molecular weight is 405 g/mol. The molecule has 3 rings (SSSR count). The van der Waals surface area contributed by atoms with Gasteiger partial charge in [-0.1, -0.05) is 36.8 Å². The van der Waals surface area contributed by atoms with Gasteiger partial charge < -0.3 is 14.6 Å². The molecule has 1 N–H and O–H groups in total. The predicted molar refractivity (Wildman–Crippen MR) is 108 cm³/mol. The van der Waals surface area contributed by atoms with Crippen molar-refractivity contribution in [2.24, 2.45) is 0 Å². The second-order valence-electron chi connectivity index (χ2n) is 8.85. The van der Waals surface area contributed by atoms with Crippen LogP contribution in [-0.4, -0.2) is 70.4 Å². The number of rotatable bonds is 5. The molecule has 2 fully saturated rings. The Morgan fingerprint density at radius 1 is 1.17 bits per heavy atom. The van der Waals surface area contributed by atoms with Crippen molar-refractivity contribution in [1.29, 1.82) is 0 Å². The Labute approximate surface area is 172 Å². The summed E-state index contributed by atoms with van der Waals surface area (Å²) in [5.41, 5.74) is 0.355. The summed E-state index contributed by atoms with van der Waals surface area (Å²) >= 11 is 0. The molecule has 0 unspecified atom stereocenters. The van der Waals surface area contributed by atoms with E-state index in [1.807, 2.05) is 51.1 Å². The molecule has 3 atom stereocenters. The quantitative estimate of drug-likeness (QED) is 0.760. The fraction of sp³-hybridized carbons (Fsp3) is 0.636. The highest BCUT2D eigenvalue weighted by atomic mass is 16.6. The molecule has 0 radical (unpaired) electrons. The van der Waals surface area contributed by atoms with Crippen molar-refractivity contribution in [1.82, 2.24) is 9.80 Å². The van der Waals surface area contributed by atoms with E-state index in [0.717, 1.165) is 24.8 Å². The number of piperidine rings is 1. The van der Waals surface area contributed by atoms with Crippen LogP contribution in [0.1, 0.15) is 45.6 Å². The highest BCUT2D eigenvalue weighted by Crippen LogP contribution is 2.33. The Morgan fingerprint density at radius 3 is 2.55 bits per heavy atom. The number of likely N-dealkylation sites (tertiary alicyclic amines) is 1. The van der Waals surface area contributed by atoms with E-state index >= 15 is 0 Å². The van der Waals surface area contributed by atoms with Crippen molar-refractivity contribution in [3.8, 4) is 0 Å². The summed E-state index contributed by atoms with van der Waals surface area (Å²) in [7, 11) is 0. The summed E-state index contributed by atoms with van der Waals surface area (Å²) in [5.74, 6) is -0.284. The molecule has 2 aliphatic rings. The summed E-state index contributed by atoms with van der Waals surface area (Å²) in [5, 5.41) is 10.0. The molecular formula is C22H32N2O5. The molecule has 29 heavy (non-hydrogen) atoms. The highest BCUT2D eigenvalue weighted by Gasteiger charge is 2.46. The van der Waals surface area contributed by atoms with Crippen LogP contribution in [0.4, 0.5) is 4.79 Å². The number of ether oxygens (including phenoxy) is 2. The molecule has 7 heteroatoms. The third-order valence-electron chi connectivity index (χ3n) is 5.55. The van der Waals surface area contributed by atoms with Crippen LogP contribution in [0.25, 0.3) is 0 Å². The van der Waals surface area contributed by atoms with Gasteiger partial charge in [0, 0.05) is 18.6 Å². The van der Waals surface area contributed by atoms with Crippen LogP contribution in [-0.2, 0) is 20.9 Å². The topological polar surface area (TPSA) is 79.3 Å². The zero-order chi connectivity index (χ0) is 21.0. The molecule has 0 aromatic heterocycles. The van der Waals surface area contributed by atoms with Gasteiger partial charge in [0.1, 0.15) is 12.2 Å². The SMILES string of the molecule is CC(C)(C)OC(=O)N1C[C@@H]2CCC[C@H]([C@@H]1CO)N2CC(=O)OCc1ccccc1. The van der Waals surface area contributed by atoms with Gasteiger partial charge in [-0.2, -0.15) is 0 Å². The van der Waals surface area contributed by atoms with Crippen molar-refractivity contribution in [3.05, 3.63) is 35.9 Å². The first-order valence-corrected chi connectivity index (χ1v) is 10.3. The number of esters is 1. The minimum atomic E-state index is -0.593. The molecule has 2 bridgehead atoms. The standard InChI is InChI=1S/C22H32N2O5/c1-22(2,3)29-21(27)24-12-17-10-7-11-18(19(24)14-25)23(17)13-20(26)28-15-16-8-5-4-6-9-16/h4-6,8-9,17-19,25H,7,10-15H2,1-3H3/t17-,18+,19-/m0/s1. The number of carbonyl (C=O) groups excluding carboxylic acids is 2. The van der Waals surface area contributed by atoms with Crippen molar-refractivity contribution in [2.45, 2.75) is 70.4 Å². The zero-order valence-corrected chi connectivity index (χ0v) is 17.5. The van der Waals surface area contributed by atoms with E-state index in [1.165, 1.54) is 0 Å². The molecule has 1 aromatic rings. The Morgan fingerprint density at radius 2 is 1.90 bits per heavy atom. The highest BCUT2D eigenvalue weighted by molar-refractivity contribution is 5.72. The number of aliphatic hydroxyl groups is 1. The van der Waals surface area contributed by atoms with E-state index in [4.69, 9.17) is 9.47 Å². The van der Waals surface area contributed by atoms with Gasteiger partial charge in [-0.25, -0.2) is 4.79 Å². The van der Waals surface area contributed by atoms with Crippen LogP contribution >= 0.6 is 0 Å². The number of amides is 1. The fourth-order valence-electron chi connectivity index (χ4n) is 4.27. The number of hydrogen-bond acceptors (Lipinski definition) is 6. The Kier molecular flexibility index (Phi) is 6.80. The lowest BCUT2D eigenvalue weighted by Crippen LogP contribution is -2.68. The number of piperazine rings is 1. The maximum atomic E-state index is 12.7. The minimum Gasteiger partial charge on any atom is -0.460 e.